The maximum absolute atomic E-state index is 5.76. The van der Waals surface area contributed by atoms with Crippen molar-refractivity contribution in [2.75, 3.05) is 19.7 Å². The molecule has 0 aliphatic carbocycles. The third-order valence-electron chi connectivity index (χ3n) is 2.82. The van der Waals surface area contributed by atoms with Gasteiger partial charge in [-0.2, -0.15) is 0 Å². The fraction of sp³-hybridized carbons (Fsp3) is 0.538. The Balaban J connectivity index is 1.59. The van der Waals surface area contributed by atoms with E-state index >= 15 is 0 Å². The Morgan fingerprint density at radius 3 is 2.87 bits per heavy atom. The Kier molecular flexibility index (Phi) is 4.18. The lowest BCUT2D eigenvalue weighted by Gasteiger charge is -2.09. The Hall–Kier alpha value is -0.860. The van der Waals surface area contributed by atoms with Gasteiger partial charge in [0.15, 0.2) is 0 Å². The zero-order valence-corrected chi connectivity index (χ0v) is 9.11. The molecule has 1 fully saturated rings. The molecule has 1 aliphatic rings. The van der Waals surface area contributed by atoms with Crippen molar-refractivity contribution in [3.63, 3.8) is 0 Å². The van der Waals surface area contributed by atoms with E-state index < -0.39 is 0 Å². The topological polar surface area (TPSA) is 21.3 Å². The Morgan fingerprint density at radius 2 is 2.13 bits per heavy atom. The first-order chi connectivity index (χ1) is 7.45. The van der Waals surface area contributed by atoms with Crippen LogP contribution in [0, 0.1) is 0 Å². The van der Waals surface area contributed by atoms with E-state index in [0.29, 0.717) is 6.10 Å². The first-order valence-corrected chi connectivity index (χ1v) is 5.81. The number of hydrogen-bond acceptors (Lipinski definition) is 2. The van der Waals surface area contributed by atoms with E-state index in [1.165, 1.54) is 12.0 Å². The maximum Gasteiger partial charge on any atom is 0.0711 e. The zero-order chi connectivity index (χ0) is 10.3. The van der Waals surface area contributed by atoms with Gasteiger partial charge in [0.1, 0.15) is 0 Å². The minimum absolute atomic E-state index is 0.459. The van der Waals surface area contributed by atoms with Crippen molar-refractivity contribution in [1.29, 1.82) is 0 Å². The van der Waals surface area contributed by atoms with Gasteiger partial charge in [0.25, 0.3) is 0 Å². The SMILES string of the molecule is c1ccc(CCCO[C@@H]2CCNC2)cc1. The molecule has 2 rings (SSSR count). The first kappa shape index (κ1) is 10.7. The van der Waals surface area contributed by atoms with Crippen molar-refractivity contribution in [1.82, 2.24) is 5.32 Å². The van der Waals surface area contributed by atoms with Crippen molar-refractivity contribution >= 4 is 0 Å². The molecule has 1 atom stereocenters. The highest BCUT2D eigenvalue weighted by atomic mass is 16.5. The lowest BCUT2D eigenvalue weighted by molar-refractivity contribution is 0.0655. The lowest BCUT2D eigenvalue weighted by atomic mass is 10.1. The van der Waals surface area contributed by atoms with Gasteiger partial charge < -0.3 is 10.1 Å². The number of nitrogens with one attached hydrogen (secondary N) is 1. The van der Waals surface area contributed by atoms with Gasteiger partial charge in [-0.25, -0.2) is 0 Å². The smallest absolute Gasteiger partial charge is 0.0711 e. The molecule has 0 amide bonds. The van der Waals surface area contributed by atoms with Crippen molar-refractivity contribution < 1.29 is 4.74 Å². The van der Waals surface area contributed by atoms with Crippen LogP contribution in [0.4, 0.5) is 0 Å². The van der Waals surface area contributed by atoms with E-state index in [1.807, 2.05) is 0 Å². The van der Waals surface area contributed by atoms with Crippen LogP contribution in [0.1, 0.15) is 18.4 Å². The molecule has 1 heterocycles. The Labute approximate surface area is 91.6 Å². The van der Waals surface area contributed by atoms with Crippen molar-refractivity contribution in [3.8, 4) is 0 Å². The fourth-order valence-electron chi connectivity index (χ4n) is 1.94. The summed E-state index contributed by atoms with van der Waals surface area (Å²) in [4.78, 5) is 0. The molecular weight excluding hydrogens is 186 g/mol. The van der Waals surface area contributed by atoms with E-state index in [2.05, 4.69) is 35.6 Å². The Morgan fingerprint density at radius 1 is 1.27 bits per heavy atom. The van der Waals surface area contributed by atoms with Gasteiger partial charge in [0, 0.05) is 13.2 Å². The third kappa shape index (κ3) is 3.65. The second kappa shape index (κ2) is 5.89. The Bertz CT molecular complexity index is 267. The van der Waals surface area contributed by atoms with Crippen LogP contribution in [-0.2, 0) is 11.2 Å². The maximum atomic E-state index is 5.76. The van der Waals surface area contributed by atoms with Crippen LogP contribution in [0.15, 0.2) is 30.3 Å². The van der Waals surface area contributed by atoms with Crippen molar-refractivity contribution in [2.24, 2.45) is 0 Å². The highest BCUT2D eigenvalue weighted by molar-refractivity contribution is 5.14. The molecule has 0 aromatic heterocycles. The molecule has 82 valence electrons. The molecule has 0 spiro atoms. The van der Waals surface area contributed by atoms with Gasteiger partial charge >= 0.3 is 0 Å². The summed E-state index contributed by atoms with van der Waals surface area (Å²) < 4.78 is 5.76. The molecule has 0 radical (unpaired) electrons. The molecule has 0 saturated carbocycles. The highest BCUT2D eigenvalue weighted by Crippen LogP contribution is 2.06. The van der Waals surface area contributed by atoms with Crippen LogP contribution in [0.25, 0.3) is 0 Å². The largest absolute Gasteiger partial charge is 0.377 e. The van der Waals surface area contributed by atoms with Crippen LogP contribution >= 0.6 is 0 Å². The van der Waals surface area contributed by atoms with Crippen molar-refractivity contribution in [3.05, 3.63) is 35.9 Å². The van der Waals surface area contributed by atoms with Gasteiger partial charge in [-0.05, 0) is 31.4 Å². The van der Waals surface area contributed by atoms with Gasteiger partial charge in [-0.1, -0.05) is 30.3 Å². The lowest BCUT2D eigenvalue weighted by Crippen LogP contribution is -2.17. The van der Waals surface area contributed by atoms with Crippen LogP contribution in [0.5, 0.6) is 0 Å². The normalized spacial score (nSPS) is 20.7. The summed E-state index contributed by atoms with van der Waals surface area (Å²) in [6, 6.07) is 10.6. The molecule has 1 aliphatic heterocycles. The molecule has 1 saturated heterocycles. The van der Waals surface area contributed by atoms with Gasteiger partial charge in [-0.15, -0.1) is 0 Å². The van der Waals surface area contributed by atoms with E-state index in [-0.39, 0.29) is 0 Å². The number of rotatable bonds is 5. The molecule has 1 aromatic carbocycles. The van der Waals surface area contributed by atoms with E-state index in [0.717, 1.165) is 32.5 Å². The molecular formula is C13H19NO. The second-order valence-electron chi connectivity index (χ2n) is 4.07. The summed E-state index contributed by atoms with van der Waals surface area (Å²) in [5.74, 6) is 0. The third-order valence-corrected chi connectivity index (χ3v) is 2.82. The molecule has 15 heavy (non-hydrogen) atoms. The van der Waals surface area contributed by atoms with Crippen LogP contribution in [0.3, 0.4) is 0 Å². The number of ether oxygens (including phenoxy) is 1. The molecule has 0 unspecified atom stereocenters. The average Bonchev–Trinajstić information content (AvgIpc) is 2.79. The fourth-order valence-corrected chi connectivity index (χ4v) is 1.94. The minimum atomic E-state index is 0.459. The first-order valence-electron chi connectivity index (χ1n) is 5.81. The number of aryl methyl sites for hydroxylation is 1. The number of benzene rings is 1. The molecule has 2 heteroatoms. The predicted molar refractivity (Wildman–Crippen MR) is 62.0 cm³/mol. The van der Waals surface area contributed by atoms with Crippen molar-refractivity contribution in [2.45, 2.75) is 25.4 Å². The van der Waals surface area contributed by atoms with E-state index in [1.54, 1.807) is 0 Å². The summed E-state index contributed by atoms with van der Waals surface area (Å²) in [6.07, 6.45) is 3.88. The quantitative estimate of drug-likeness (QED) is 0.742. The highest BCUT2D eigenvalue weighted by Gasteiger charge is 2.13. The van der Waals surface area contributed by atoms with Gasteiger partial charge in [0.05, 0.1) is 6.10 Å². The molecule has 0 bridgehead atoms. The summed E-state index contributed by atoms with van der Waals surface area (Å²) >= 11 is 0. The molecule has 1 aromatic rings. The van der Waals surface area contributed by atoms with Crippen LogP contribution in [-0.4, -0.2) is 25.8 Å². The molecule has 1 N–H and O–H groups in total. The summed E-state index contributed by atoms with van der Waals surface area (Å²) in [6.45, 7) is 3.04. The molecule has 2 nitrogen and oxygen atoms in total. The minimum Gasteiger partial charge on any atom is -0.377 e. The summed E-state index contributed by atoms with van der Waals surface area (Å²) in [7, 11) is 0. The standard InChI is InChI=1S/C13H19NO/c1-2-5-12(6-3-1)7-4-10-15-13-8-9-14-11-13/h1-3,5-6,13-14H,4,7-11H2/t13-/m1/s1. The summed E-state index contributed by atoms with van der Waals surface area (Å²) in [5, 5.41) is 3.31. The van der Waals surface area contributed by atoms with Crippen LogP contribution in [0.2, 0.25) is 0 Å². The zero-order valence-electron chi connectivity index (χ0n) is 9.11. The summed E-state index contributed by atoms with van der Waals surface area (Å²) in [5.41, 5.74) is 1.41. The van der Waals surface area contributed by atoms with Gasteiger partial charge in [0.2, 0.25) is 0 Å². The van der Waals surface area contributed by atoms with Gasteiger partial charge in [-0.3, -0.25) is 0 Å². The average molecular weight is 205 g/mol. The van der Waals surface area contributed by atoms with E-state index in [9.17, 15) is 0 Å². The predicted octanol–water partition coefficient (Wildman–Crippen LogP) is 2.00. The van der Waals surface area contributed by atoms with E-state index in [4.69, 9.17) is 4.74 Å². The number of hydrogen-bond donors (Lipinski definition) is 1. The monoisotopic (exact) mass is 205 g/mol. The second-order valence-corrected chi connectivity index (χ2v) is 4.07. The van der Waals surface area contributed by atoms with Crippen LogP contribution < -0.4 is 5.32 Å².